The van der Waals surface area contributed by atoms with Gasteiger partial charge in [0.25, 0.3) is 0 Å². The quantitative estimate of drug-likeness (QED) is 0.822. The van der Waals surface area contributed by atoms with Gasteiger partial charge in [-0.05, 0) is 17.7 Å². The van der Waals surface area contributed by atoms with Gasteiger partial charge in [-0.2, -0.15) is 0 Å². The maximum absolute atomic E-state index is 12.7. The van der Waals surface area contributed by atoms with E-state index in [4.69, 9.17) is 9.15 Å². The number of amides is 3. The number of nitrogens with zero attached hydrogens (tertiary/aromatic N) is 1. The summed E-state index contributed by atoms with van der Waals surface area (Å²) in [6.07, 6.45) is 1.98. The molecule has 7 heteroatoms. The van der Waals surface area contributed by atoms with Crippen LogP contribution < -0.4 is 10.6 Å². The molecule has 1 atom stereocenters. The molecule has 0 unspecified atom stereocenters. The van der Waals surface area contributed by atoms with E-state index in [2.05, 4.69) is 10.6 Å². The van der Waals surface area contributed by atoms with Crippen molar-refractivity contribution in [2.75, 3.05) is 26.3 Å². The molecule has 138 valence electrons. The molecule has 2 heterocycles. The smallest absolute Gasteiger partial charge is 0.318 e. The topological polar surface area (TPSA) is 83.8 Å². The molecule has 0 radical (unpaired) electrons. The third-order valence-electron chi connectivity index (χ3n) is 4.21. The van der Waals surface area contributed by atoms with Gasteiger partial charge in [0.05, 0.1) is 26.0 Å². The summed E-state index contributed by atoms with van der Waals surface area (Å²) in [6, 6.07) is 12.3. The average Bonchev–Trinajstić information content (AvgIpc) is 3.20. The van der Waals surface area contributed by atoms with E-state index in [9.17, 15) is 9.59 Å². The Bertz CT molecular complexity index is 697. The lowest BCUT2D eigenvalue weighted by molar-refractivity contribution is -0.123. The predicted octanol–water partition coefficient (Wildman–Crippen LogP) is 1.55. The van der Waals surface area contributed by atoms with Crippen LogP contribution in [0.1, 0.15) is 11.3 Å². The minimum atomic E-state index is -0.664. The van der Waals surface area contributed by atoms with Crippen molar-refractivity contribution in [2.24, 2.45) is 0 Å². The largest absolute Gasteiger partial charge is 0.467 e. The van der Waals surface area contributed by atoms with E-state index >= 15 is 0 Å². The van der Waals surface area contributed by atoms with Crippen LogP contribution in [0.15, 0.2) is 53.1 Å². The Morgan fingerprint density at radius 2 is 1.85 bits per heavy atom. The fraction of sp³-hybridized carbons (Fsp3) is 0.368. The lowest BCUT2D eigenvalue weighted by Crippen LogP contribution is -2.54. The number of furan rings is 1. The van der Waals surface area contributed by atoms with Crippen LogP contribution in [-0.2, 0) is 22.5 Å². The number of carbonyl (C=O) groups excluding carboxylic acids is 2. The maximum Gasteiger partial charge on any atom is 0.318 e. The molecule has 2 aromatic rings. The van der Waals surface area contributed by atoms with Gasteiger partial charge in [0.2, 0.25) is 5.91 Å². The maximum atomic E-state index is 12.7. The van der Waals surface area contributed by atoms with Gasteiger partial charge in [-0.25, -0.2) is 4.79 Å². The second-order valence-corrected chi connectivity index (χ2v) is 6.09. The number of nitrogens with one attached hydrogen (secondary N) is 2. The fourth-order valence-electron chi connectivity index (χ4n) is 2.78. The minimum absolute atomic E-state index is 0.244. The van der Waals surface area contributed by atoms with Crippen molar-refractivity contribution >= 4 is 11.9 Å². The van der Waals surface area contributed by atoms with Gasteiger partial charge in [0, 0.05) is 19.5 Å². The van der Waals surface area contributed by atoms with Crippen LogP contribution >= 0.6 is 0 Å². The summed E-state index contributed by atoms with van der Waals surface area (Å²) in [5, 5.41) is 5.68. The second-order valence-electron chi connectivity index (χ2n) is 6.09. The molecule has 1 aliphatic heterocycles. The van der Waals surface area contributed by atoms with Crippen molar-refractivity contribution < 1.29 is 18.7 Å². The molecule has 3 rings (SSSR count). The van der Waals surface area contributed by atoms with Crippen LogP contribution in [0.4, 0.5) is 4.79 Å². The van der Waals surface area contributed by atoms with Crippen LogP contribution in [0.5, 0.6) is 0 Å². The monoisotopic (exact) mass is 357 g/mol. The summed E-state index contributed by atoms with van der Waals surface area (Å²) >= 11 is 0. The van der Waals surface area contributed by atoms with Gasteiger partial charge in [-0.1, -0.05) is 30.3 Å². The first-order valence-corrected chi connectivity index (χ1v) is 8.69. The Kier molecular flexibility index (Phi) is 6.27. The highest BCUT2D eigenvalue weighted by molar-refractivity contribution is 5.87. The zero-order valence-electron chi connectivity index (χ0n) is 14.5. The zero-order valence-corrected chi connectivity index (χ0v) is 14.5. The van der Waals surface area contributed by atoms with Crippen molar-refractivity contribution in [3.63, 3.8) is 0 Å². The average molecular weight is 357 g/mol. The molecule has 0 saturated carbocycles. The van der Waals surface area contributed by atoms with Crippen molar-refractivity contribution in [3.05, 3.63) is 60.1 Å². The van der Waals surface area contributed by atoms with Crippen LogP contribution in [-0.4, -0.2) is 49.2 Å². The first-order valence-electron chi connectivity index (χ1n) is 8.69. The number of urea groups is 1. The zero-order chi connectivity index (χ0) is 18.2. The standard InChI is InChI=1S/C19H23N3O4/c23-18(20-14-16-7-4-10-26-16)17(13-15-5-2-1-3-6-15)21-19(24)22-8-11-25-12-9-22/h1-7,10,17H,8-9,11-14H2,(H,20,23)(H,21,24)/t17-/m0/s1. The highest BCUT2D eigenvalue weighted by Gasteiger charge is 2.25. The molecule has 0 bridgehead atoms. The van der Waals surface area contributed by atoms with Gasteiger partial charge in [-0.15, -0.1) is 0 Å². The number of carbonyl (C=O) groups is 2. The molecule has 26 heavy (non-hydrogen) atoms. The molecule has 0 spiro atoms. The van der Waals surface area contributed by atoms with Gasteiger partial charge >= 0.3 is 6.03 Å². The number of hydrogen-bond acceptors (Lipinski definition) is 4. The third-order valence-corrected chi connectivity index (χ3v) is 4.21. The number of morpholine rings is 1. The molecule has 1 saturated heterocycles. The van der Waals surface area contributed by atoms with Gasteiger partial charge < -0.3 is 24.7 Å². The summed E-state index contributed by atoms with van der Waals surface area (Å²) in [4.78, 5) is 26.8. The lowest BCUT2D eigenvalue weighted by atomic mass is 10.1. The molecular formula is C19H23N3O4. The van der Waals surface area contributed by atoms with E-state index in [0.29, 0.717) is 38.5 Å². The highest BCUT2D eigenvalue weighted by Crippen LogP contribution is 2.06. The van der Waals surface area contributed by atoms with Gasteiger partial charge in [0.15, 0.2) is 0 Å². The molecule has 2 N–H and O–H groups in total. The van der Waals surface area contributed by atoms with Crippen molar-refractivity contribution in [1.29, 1.82) is 0 Å². The first kappa shape index (κ1) is 18.0. The molecule has 0 aliphatic carbocycles. The second kappa shape index (κ2) is 9.05. The lowest BCUT2D eigenvalue weighted by Gasteiger charge is -2.29. The molecule has 1 aliphatic rings. The Morgan fingerprint density at radius 3 is 2.54 bits per heavy atom. The first-order chi connectivity index (χ1) is 12.7. The van der Waals surface area contributed by atoms with E-state index in [1.54, 1.807) is 23.3 Å². The van der Waals surface area contributed by atoms with E-state index in [1.807, 2.05) is 30.3 Å². The molecular weight excluding hydrogens is 334 g/mol. The van der Waals surface area contributed by atoms with E-state index in [0.717, 1.165) is 5.56 Å². The SMILES string of the molecule is O=C(NCc1ccco1)[C@H](Cc1ccccc1)NC(=O)N1CCOCC1. The Balaban J connectivity index is 1.63. The summed E-state index contributed by atoms with van der Waals surface area (Å²) in [5.74, 6) is 0.420. The van der Waals surface area contributed by atoms with Crippen LogP contribution in [0.3, 0.4) is 0 Å². The summed E-state index contributed by atoms with van der Waals surface area (Å²) in [5.41, 5.74) is 0.980. The number of rotatable bonds is 6. The molecule has 1 fully saturated rings. The minimum Gasteiger partial charge on any atom is -0.467 e. The number of benzene rings is 1. The summed E-state index contributed by atoms with van der Waals surface area (Å²) < 4.78 is 10.5. The van der Waals surface area contributed by atoms with Crippen molar-refractivity contribution in [3.8, 4) is 0 Å². The Morgan fingerprint density at radius 1 is 1.08 bits per heavy atom. The Labute approximate surface area is 152 Å². The van der Waals surface area contributed by atoms with Crippen molar-refractivity contribution in [2.45, 2.75) is 19.0 Å². The van der Waals surface area contributed by atoms with Crippen LogP contribution in [0.2, 0.25) is 0 Å². The van der Waals surface area contributed by atoms with Gasteiger partial charge in [-0.3, -0.25) is 4.79 Å². The number of hydrogen-bond donors (Lipinski definition) is 2. The molecule has 7 nitrogen and oxygen atoms in total. The van der Waals surface area contributed by atoms with Crippen LogP contribution in [0.25, 0.3) is 0 Å². The predicted molar refractivity (Wildman–Crippen MR) is 95.4 cm³/mol. The summed E-state index contributed by atoms with van der Waals surface area (Å²) in [7, 11) is 0. The molecule has 3 amide bonds. The Hall–Kier alpha value is -2.80. The highest BCUT2D eigenvalue weighted by atomic mass is 16.5. The van der Waals surface area contributed by atoms with E-state index < -0.39 is 6.04 Å². The molecule has 1 aromatic heterocycles. The van der Waals surface area contributed by atoms with Crippen molar-refractivity contribution in [1.82, 2.24) is 15.5 Å². The number of ether oxygens (including phenoxy) is 1. The normalized spacial score (nSPS) is 15.3. The third kappa shape index (κ3) is 5.10. The van der Waals surface area contributed by atoms with E-state index in [1.165, 1.54) is 0 Å². The molecule has 1 aromatic carbocycles. The van der Waals surface area contributed by atoms with E-state index in [-0.39, 0.29) is 18.5 Å². The fourth-order valence-corrected chi connectivity index (χ4v) is 2.78. The van der Waals surface area contributed by atoms with Gasteiger partial charge in [0.1, 0.15) is 11.8 Å². The summed E-state index contributed by atoms with van der Waals surface area (Å²) in [6.45, 7) is 2.36. The van der Waals surface area contributed by atoms with Crippen LogP contribution in [0, 0.1) is 0 Å².